The number of piperidine rings is 1. The fraction of sp³-hybridized carbons (Fsp3) is 0.333. The molecule has 1 amide bonds. The number of aromatic nitrogens is 3. The molecule has 1 aliphatic carbocycles. The van der Waals surface area contributed by atoms with Crippen LogP contribution in [0.4, 0.5) is 0 Å². The van der Waals surface area contributed by atoms with Gasteiger partial charge in [-0.2, -0.15) is 15.0 Å². The number of likely N-dealkylation sites (tertiary alicyclic amines) is 1. The molecular formula is C24H24N4O3. The third kappa shape index (κ3) is 4.21. The van der Waals surface area contributed by atoms with Gasteiger partial charge in [0.2, 0.25) is 0 Å². The van der Waals surface area contributed by atoms with Gasteiger partial charge in [-0.3, -0.25) is 9.59 Å². The van der Waals surface area contributed by atoms with Crippen molar-refractivity contribution >= 4 is 11.7 Å². The number of para-hydroxylation sites is 1. The van der Waals surface area contributed by atoms with E-state index in [9.17, 15) is 9.59 Å². The zero-order chi connectivity index (χ0) is 21.2. The zero-order valence-electron chi connectivity index (χ0n) is 17.2. The standard InChI is InChI=1S/C24H24N4O3/c29-23(17-10-11-17)18-5-3-6-19(15-18)31-20-7-4-14-27(16-20)24(30)21-8-1-2-9-22(21)28-25-12-13-26-28/h1-3,5-6,8-9,12-13,15,17,20H,4,7,10-11,14,16H2. The van der Waals surface area contributed by atoms with Gasteiger partial charge in [0, 0.05) is 18.0 Å². The Morgan fingerprint density at radius 1 is 0.968 bits per heavy atom. The maximum Gasteiger partial charge on any atom is 0.256 e. The van der Waals surface area contributed by atoms with Crippen LogP contribution < -0.4 is 4.74 Å². The topological polar surface area (TPSA) is 77.3 Å². The number of amides is 1. The minimum atomic E-state index is -0.112. The maximum absolute atomic E-state index is 13.3. The van der Waals surface area contributed by atoms with Gasteiger partial charge >= 0.3 is 0 Å². The molecule has 1 unspecified atom stereocenters. The number of carbonyl (C=O) groups excluding carboxylic acids is 2. The van der Waals surface area contributed by atoms with Crippen molar-refractivity contribution in [3.63, 3.8) is 0 Å². The molecule has 0 bridgehead atoms. The average molecular weight is 416 g/mol. The second-order valence-electron chi connectivity index (χ2n) is 8.14. The van der Waals surface area contributed by atoms with Crippen LogP contribution in [0.2, 0.25) is 0 Å². The first kappa shape index (κ1) is 19.5. The number of hydrogen-bond donors (Lipinski definition) is 0. The second kappa shape index (κ2) is 8.34. The normalized spacial score (nSPS) is 18.6. The van der Waals surface area contributed by atoms with E-state index in [0.29, 0.717) is 35.7 Å². The highest BCUT2D eigenvalue weighted by Gasteiger charge is 2.31. The maximum atomic E-state index is 13.3. The number of Topliss-reactive ketones (excluding diaryl/α,β-unsaturated/α-hetero) is 1. The van der Waals surface area contributed by atoms with E-state index in [1.54, 1.807) is 18.5 Å². The lowest BCUT2D eigenvalue weighted by Gasteiger charge is -2.33. The molecule has 1 saturated carbocycles. The summed E-state index contributed by atoms with van der Waals surface area (Å²) in [6.07, 6.45) is 6.77. The summed E-state index contributed by atoms with van der Waals surface area (Å²) in [5.41, 5.74) is 1.94. The number of ether oxygens (including phenoxy) is 1. The van der Waals surface area contributed by atoms with Gasteiger partial charge < -0.3 is 9.64 Å². The summed E-state index contributed by atoms with van der Waals surface area (Å²) in [4.78, 5) is 28.9. The van der Waals surface area contributed by atoms with E-state index in [4.69, 9.17) is 4.74 Å². The number of rotatable bonds is 6. The van der Waals surface area contributed by atoms with E-state index in [-0.39, 0.29) is 23.7 Å². The molecule has 31 heavy (non-hydrogen) atoms. The van der Waals surface area contributed by atoms with Crippen molar-refractivity contribution in [2.45, 2.75) is 31.8 Å². The third-order valence-electron chi connectivity index (χ3n) is 5.80. The monoisotopic (exact) mass is 416 g/mol. The lowest BCUT2D eigenvalue weighted by Crippen LogP contribution is -2.44. The Morgan fingerprint density at radius 2 is 1.77 bits per heavy atom. The Morgan fingerprint density at radius 3 is 2.58 bits per heavy atom. The Kier molecular flexibility index (Phi) is 5.24. The molecule has 2 aromatic carbocycles. The van der Waals surface area contributed by atoms with Crippen LogP contribution in [0.3, 0.4) is 0 Å². The molecule has 1 aromatic heterocycles. The van der Waals surface area contributed by atoms with Crippen LogP contribution in [0.1, 0.15) is 46.4 Å². The van der Waals surface area contributed by atoms with E-state index < -0.39 is 0 Å². The molecule has 5 rings (SSSR count). The summed E-state index contributed by atoms with van der Waals surface area (Å²) in [7, 11) is 0. The van der Waals surface area contributed by atoms with Gasteiger partial charge in [0.15, 0.2) is 5.78 Å². The van der Waals surface area contributed by atoms with Gasteiger partial charge in [0.1, 0.15) is 11.9 Å². The van der Waals surface area contributed by atoms with Crippen molar-refractivity contribution in [2.24, 2.45) is 5.92 Å². The van der Waals surface area contributed by atoms with Crippen LogP contribution in [0.5, 0.6) is 5.75 Å². The number of nitrogens with zero attached hydrogens (tertiary/aromatic N) is 4. The van der Waals surface area contributed by atoms with Crippen LogP contribution >= 0.6 is 0 Å². The van der Waals surface area contributed by atoms with Gasteiger partial charge in [0.25, 0.3) is 5.91 Å². The van der Waals surface area contributed by atoms with Crippen LogP contribution in [-0.2, 0) is 0 Å². The fourth-order valence-corrected chi connectivity index (χ4v) is 4.05. The molecule has 0 spiro atoms. The second-order valence-corrected chi connectivity index (χ2v) is 8.14. The largest absolute Gasteiger partial charge is 0.489 e. The molecular weight excluding hydrogens is 392 g/mol. The summed E-state index contributed by atoms with van der Waals surface area (Å²) < 4.78 is 6.19. The zero-order valence-corrected chi connectivity index (χ0v) is 17.2. The average Bonchev–Trinajstić information content (AvgIpc) is 3.52. The summed E-state index contributed by atoms with van der Waals surface area (Å²) in [5.74, 6) is 1.02. The van der Waals surface area contributed by atoms with Crippen LogP contribution in [0, 0.1) is 5.92 Å². The van der Waals surface area contributed by atoms with Crippen molar-refractivity contribution in [2.75, 3.05) is 13.1 Å². The van der Waals surface area contributed by atoms with Gasteiger partial charge in [-0.1, -0.05) is 24.3 Å². The van der Waals surface area contributed by atoms with Crippen molar-refractivity contribution in [3.05, 3.63) is 72.1 Å². The number of carbonyl (C=O) groups is 2. The van der Waals surface area contributed by atoms with Gasteiger partial charge in [0.05, 0.1) is 30.2 Å². The number of benzene rings is 2. The quantitative estimate of drug-likeness (QED) is 0.575. The minimum absolute atomic E-state index is 0.0566. The van der Waals surface area contributed by atoms with Crippen molar-refractivity contribution in [1.29, 1.82) is 0 Å². The summed E-state index contributed by atoms with van der Waals surface area (Å²) >= 11 is 0. The van der Waals surface area contributed by atoms with Crippen LogP contribution in [0.25, 0.3) is 5.69 Å². The lowest BCUT2D eigenvalue weighted by atomic mass is 10.0. The molecule has 1 aliphatic heterocycles. The predicted octanol–water partition coefficient (Wildman–Crippen LogP) is 3.54. The Labute approximate surface area is 180 Å². The van der Waals surface area contributed by atoms with Gasteiger partial charge in [-0.15, -0.1) is 0 Å². The molecule has 7 heteroatoms. The van der Waals surface area contributed by atoms with Crippen molar-refractivity contribution < 1.29 is 14.3 Å². The molecule has 0 N–H and O–H groups in total. The highest BCUT2D eigenvalue weighted by Crippen LogP contribution is 2.33. The van der Waals surface area contributed by atoms with E-state index in [0.717, 1.165) is 25.7 Å². The first-order valence-corrected chi connectivity index (χ1v) is 10.7. The molecule has 2 aliphatic rings. The van der Waals surface area contributed by atoms with E-state index in [1.807, 2.05) is 47.4 Å². The molecule has 1 saturated heterocycles. The molecule has 158 valence electrons. The third-order valence-corrected chi connectivity index (χ3v) is 5.80. The lowest BCUT2D eigenvalue weighted by molar-refractivity contribution is 0.0537. The van der Waals surface area contributed by atoms with Crippen LogP contribution in [-0.4, -0.2) is 50.8 Å². The Bertz CT molecular complexity index is 1090. The smallest absolute Gasteiger partial charge is 0.256 e. The summed E-state index contributed by atoms with van der Waals surface area (Å²) in [5, 5.41) is 8.33. The molecule has 7 nitrogen and oxygen atoms in total. The first-order chi connectivity index (χ1) is 15.2. The van der Waals surface area contributed by atoms with Crippen molar-refractivity contribution in [1.82, 2.24) is 19.9 Å². The molecule has 3 aromatic rings. The van der Waals surface area contributed by atoms with E-state index >= 15 is 0 Å². The SMILES string of the molecule is O=C(c1cccc(OC2CCCN(C(=O)c3ccccc3-n3nccn3)C2)c1)C1CC1. The number of hydrogen-bond acceptors (Lipinski definition) is 5. The number of ketones is 1. The molecule has 2 heterocycles. The summed E-state index contributed by atoms with van der Waals surface area (Å²) in [6, 6.07) is 14.8. The van der Waals surface area contributed by atoms with Crippen molar-refractivity contribution in [3.8, 4) is 11.4 Å². The fourth-order valence-electron chi connectivity index (χ4n) is 4.05. The molecule has 1 atom stereocenters. The van der Waals surface area contributed by atoms with E-state index in [1.165, 1.54) is 4.80 Å². The molecule has 2 fully saturated rings. The Balaban J connectivity index is 1.30. The predicted molar refractivity (Wildman–Crippen MR) is 114 cm³/mol. The Hall–Kier alpha value is -3.48. The van der Waals surface area contributed by atoms with Gasteiger partial charge in [-0.25, -0.2) is 0 Å². The van der Waals surface area contributed by atoms with Crippen LogP contribution in [0.15, 0.2) is 60.9 Å². The molecule has 0 radical (unpaired) electrons. The highest BCUT2D eigenvalue weighted by molar-refractivity contribution is 5.99. The first-order valence-electron chi connectivity index (χ1n) is 10.7. The summed E-state index contributed by atoms with van der Waals surface area (Å²) in [6.45, 7) is 1.18. The van der Waals surface area contributed by atoms with E-state index in [2.05, 4.69) is 10.2 Å². The minimum Gasteiger partial charge on any atom is -0.489 e. The highest BCUT2D eigenvalue weighted by atomic mass is 16.5. The van der Waals surface area contributed by atoms with Gasteiger partial charge in [-0.05, 0) is 49.9 Å².